The molecule has 5 heterocycles. The van der Waals surface area contributed by atoms with Gasteiger partial charge in [0.05, 0.1) is 73.5 Å². The van der Waals surface area contributed by atoms with Crippen LogP contribution in [-0.4, -0.2) is 118 Å². The Kier molecular flexibility index (Phi) is 19.9. The first-order valence-corrected chi connectivity index (χ1v) is 30.5. The standard InChI is InChI=1S/C16H24O6.C14H18O2.C10H16O4.C9H12O2.2C7H14O2/c1-6-15(2,3)14(18)20-11-8-7-9-12(10(8)19-13(11)17)22-16(4,5)21-9;15-14-13-9-4-8(10(13)5-16-14)11-6-1-2-7(3-6)12(9)11;1-4-10(2,3)9(12)14-7-5-8(11)13-6-7;10-9-8-6-2-1-5(3-6)7(8)4-11-9;2*1-5-7(2,3)6(8)9-4/h8-12H,6-7H2,1-5H3;6-13H,1-5H2;7H,4-6H2,1-3H3;5-8H,1-4H2;2*5H2,1-4H3. The molecule has 6 bridgehead atoms. The summed E-state index contributed by atoms with van der Waals surface area (Å²) in [6.45, 7) is 27.9. The quantitative estimate of drug-likeness (QED) is 0.113. The molecule has 12 fully saturated rings. The highest BCUT2D eigenvalue weighted by Crippen LogP contribution is 2.71. The first-order chi connectivity index (χ1) is 37.9. The highest BCUT2D eigenvalue weighted by atomic mass is 16.8. The van der Waals surface area contributed by atoms with Crippen LogP contribution in [-0.2, 0) is 85.7 Å². The predicted molar refractivity (Wildman–Crippen MR) is 294 cm³/mol. The fourth-order valence-electron chi connectivity index (χ4n) is 15.1. The predicted octanol–water partition coefficient (Wildman–Crippen LogP) is 9.57. The van der Waals surface area contributed by atoms with Gasteiger partial charge in [0.2, 0.25) is 6.10 Å². The van der Waals surface area contributed by atoms with E-state index in [-0.39, 0.29) is 96.0 Å². The van der Waals surface area contributed by atoms with Crippen LogP contribution in [0.25, 0.3) is 0 Å². The Morgan fingerprint density at radius 2 is 0.975 bits per heavy atom. The van der Waals surface area contributed by atoms with Gasteiger partial charge in [-0.15, -0.1) is 0 Å². The normalized spacial score (nSPS) is 36.9. The van der Waals surface area contributed by atoms with E-state index in [0.29, 0.717) is 48.9 Å². The van der Waals surface area contributed by atoms with Crippen molar-refractivity contribution in [2.75, 3.05) is 34.0 Å². The summed E-state index contributed by atoms with van der Waals surface area (Å²) in [5, 5.41) is 0. The number of carbonyl (C=O) groups is 8. The summed E-state index contributed by atoms with van der Waals surface area (Å²) in [6, 6.07) is 0. The summed E-state index contributed by atoms with van der Waals surface area (Å²) in [5.74, 6) is 6.68. The zero-order valence-electron chi connectivity index (χ0n) is 51.6. The molecule has 0 radical (unpaired) electrons. The van der Waals surface area contributed by atoms with Crippen LogP contribution in [0.5, 0.6) is 0 Å². The van der Waals surface area contributed by atoms with Crippen molar-refractivity contribution in [2.45, 2.75) is 217 Å². The van der Waals surface area contributed by atoms with Gasteiger partial charge in [-0.3, -0.25) is 33.6 Å². The van der Waals surface area contributed by atoms with E-state index >= 15 is 0 Å². The van der Waals surface area contributed by atoms with Crippen molar-refractivity contribution in [3.05, 3.63) is 0 Å². The third-order valence-electron chi connectivity index (χ3n) is 21.3. The van der Waals surface area contributed by atoms with Gasteiger partial charge in [-0.1, -0.05) is 27.7 Å². The lowest BCUT2D eigenvalue weighted by Gasteiger charge is -2.38. The van der Waals surface area contributed by atoms with Crippen LogP contribution < -0.4 is 0 Å². The van der Waals surface area contributed by atoms with E-state index in [1.165, 1.54) is 59.2 Å². The highest BCUT2D eigenvalue weighted by Gasteiger charge is 2.69. The van der Waals surface area contributed by atoms with Crippen molar-refractivity contribution in [3.63, 3.8) is 0 Å². The van der Waals surface area contributed by atoms with Gasteiger partial charge in [0.15, 0.2) is 5.79 Å². The molecule has 18 heteroatoms. The molecule has 458 valence electrons. The molecule has 18 unspecified atom stereocenters. The summed E-state index contributed by atoms with van der Waals surface area (Å²) in [7, 11) is 2.83. The van der Waals surface area contributed by atoms with Crippen LogP contribution in [0.2, 0.25) is 0 Å². The fraction of sp³-hybridized carbons (Fsp3) is 0.873. The third kappa shape index (κ3) is 13.5. The van der Waals surface area contributed by atoms with Crippen molar-refractivity contribution in [1.29, 1.82) is 0 Å². The van der Waals surface area contributed by atoms with E-state index in [1.807, 2.05) is 96.9 Å². The fourth-order valence-corrected chi connectivity index (χ4v) is 15.1. The van der Waals surface area contributed by atoms with E-state index in [4.69, 9.17) is 37.9 Å². The summed E-state index contributed by atoms with van der Waals surface area (Å²) in [5.41, 5.74) is -1.71. The first-order valence-electron chi connectivity index (χ1n) is 30.5. The number of hydrogen-bond acceptors (Lipinski definition) is 18. The van der Waals surface area contributed by atoms with Crippen molar-refractivity contribution in [3.8, 4) is 0 Å². The Hall–Kier alpha value is -4.32. The molecular formula is C63H98O18. The molecular weight excluding hydrogens is 1040 g/mol. The second-order valence-corrected chi connectivity index (χ2v) is 28.1. The molecule has 12 rings (SSSR count). The molecule has 0 N–H and O–H groups in total. The second kappa shape index (κ2) is 25.1. The molecule has 18 nitrogen and oxygen atoms in total. The van der Waals surface area contributed by atoms with Crippen LogP contribution >= 0.6 is 0 Å². The lowest BCUT2D eigenvalue weighted by atomic mass is 9.64. The van der Waals surface area contributed by atoms with Gasteiger partial charge in [-0.2, -0.15) is 0 Å². The maximum atomic E-state index is 12.2. The van der Waals surface area contributed by atoms with Crippen LogP contribution in [0.15, 0.2) is 0 Å². The Morgan fingerprint density at radius 3 is 1.48 bits per heavy atom. The number of fused-ring (bicyclic) bond motifs is 20. The molecule has 0 amide bonds. The van der Waals surface area contributed by atoms with Crippen LogP contribution in [0.4, 0.5) is 0 Å². The smallest absolute Gasteiger partial charge is 0.348 e. The van der Waals surface area contributed by atoms with Crippen LogP contribution in [0.1, 0.15) is 180 Å². The molecule has 0 aromatic heterocycles. The van der Waals surface area contributed by atoms with Gasteiger partial charge in [-0.05, 0) is 194 Å². The first kappa shape index (κ1) is 64.2. The molecule has 7 aliphatic carbocycles. The topological polar surface area (TPSA) is 229 Å². The zero-order chi connectivity index (χ0) is 59.9. The van der Waals surface area contributed by atoms with Crippen molar-refractivity contribution >= 4 is 47.8 Å². The zero-order valence-corrected chi connectivity index (χ0v) is 51.6. The summed E-state index contributed by atoms with van der Waals surface area (Å²) in [4.78, 5) is 91.4. The minimum atomic E-state index is -0.843. The van der Waals surface area contributed by atoms with Crippen molar-refractivity contribution < 1.29 is 85.7 Å². The SMILES string of the molecule is CCC(C)(C)C(=O)OC.CCC(C)(C)C(=O)OC.CCC(C)(C)C(=O)OC1C(=O)OC2C1CC1OC(C)(C)OC12.CCC(C)(C)C(=O)OC1COC(=O)C1.O=C1OCC2C3CC(C12)C1C2CCC(C2)C31.O=C1OCC2C3CCC(C3)C12. The molecule has 12 aliphatic rings. The summed E-state index contributed by atoms with van der Waals surface area (Å²) >= 11 is 0. The Balaban J connectivity index is 0.000000145. The third-order valence-corrected chi connectivity index (χ3v) is 21.3. The molecule has 0 spiro atoms. The molecule has 5 aliphatic heterocycles. The van der Waals surface area contributed by atoms with Gasteiger partial charge < -0.3 is 47.4 Å². The summed E-state index contributed by atoms with van der Waals surface area (Å²) in [6.07, 6.45) is 11.5. The van der Waals surface area contributed by atoms with E-state index < -0.39 is 28.7 Å². The van der Waals surface area contributed by atoms with E-state index in [1.54, 1.807) is 0 Å². The minimum Gasteiger partial charge on any atom is -0.469 e. The van der Waals surface area contributed by atoms with Crippen LogP contribution in [0, 0.1) is 98.6 Å². The number of methoxy groups -OCH3 is 2. The lowest BCUT2D eigenvalue weighted by molar-refractivity contribution is -0.170. The Morgan fingerprint density at radius 1 is 0.494 bits per heavy atom. The molecule has 7 saturated carbocycles. The maximum Gasteiger partial charge on any atom is 0.348 e. The number of rotatable bonds is 10. The van der Waals surface area contributed by atoms with E-state index in [2.05, 4.69) is 9.47 Å². The molecule has 81 heavy (non-hydrogen) atoms. The van der Waals surface area contributed by atoms with Gasteiger partial charge in [-0.25, -0.2) is 4.79 Å². The summed E-state index contributed by atoms with van der Waals surface area (Å²) < 4.78 is 51.9. The van der Waals surface area contributed by atoms with Crippen molar-refractivity contribution in [2.24, 2.45) is 98.6 Å². The minimum absolute atomic E-state index is 0.0993. The molecule has 18 atom stereocenters. The number of ether oxygens (including phenoxy) is 10. The highest BCUT2D eigenvalue weighted by molar-refractivity contribution is 5.84. The average Bonchev–Trinajstić information content (AvgIpc) is 3.29. The lowest BCUT2D eigenvalue weighted by Crippen LogP contribution is -2.38. The molecule has 5 saturated heterocycles. The van der Waals surface area contributed by atoms with Crippen LogP contribution in [0.3, 0.4) is 0 Å². The number of esters is 8. The van der Waals surface area contributed by atoms with Gasteiger partial charge in [0, 0.05) is 17.8 Å². The molecule has 0 aromatic carbocycles. The average molecular weight is 1140 g/mol. The largest absolute Gasteiger partial charge is 0.469 e. The van der Waals surface area contributed by atoms with Crippen molar-refractivity contribution in [1.82, 2.24) is 0 Å². The second-order valence-electron chi connectivity index (χ2n) is 28.1. The number of carbonyl (C=O) groups excluding carboxylic acids is 8. The Labute approximate surface area is 481 Å². The number of hydrogen-bond donors (Lipinski definition) is 0. The maximum absolute atomic E-state index is 12.2. The van der Waals surface area contributed by atoms with Gasteiger partial charge in [0.25, 0.3) is 0 Å². The van der Waals surface area contributed by atoms with E-state index in [9.17, 15) is 38.4 Å². The molecule has 0 aromatic rings. The Bertz CT molecular complexity index is 2290. The van der Waals surface area contributed by atoms with E-state index in [0.717, 1.165) is 67.5 Å². The van der Waals surface area contributed by atoms with Gasteiger partial charge >= 0.3 is 47.8 Å². The number of cyclic esters (lactones) is 3. The van der Waals surface area contributed by atoms with Gasteiger partial charge in [0.1, 0.15) is 24.9 Å². The monoisotopic (exact) mass is 1140 g/mol.